The van der Waals surface area contributed by atoms with Crippen LogP contribution in [-0.2, 0) is 0 Å². The number of nitrogens with zero attached hydrogens (tertiary/aromatic N) is 4. The van der Waals surface area contributed by atoms with Crippen LogP contribution in [0.25, 0.3) is 0 Å². The van der Waals surface area contributed by atoms with E-state index >= 15 is 0 Å². The zero-order valence-electron chi connectivity index (χ0n) is 19.3. The minimum Gasteiger partial charge on any atom is -0.478 e. The van der Waals surface area contributed by atoms with E-state index < -0.39 is 11.9 Å². The molecule has 4 rings (SSSR count). The summed E-state index contributed by atoms with van der Waals surface area (Å²) in [5.74, 6) is -1.78. The number of hydrogen-bond donors (Lipinski definition) is 2. The van der Waals surface area contributed by atoms with E-state index in [0.717, 1.165) is 30.4 Å². The van der Waals surface area contributed by atoms with E-state index in [1.807, 2.05) is 54.6 Å². The minimum absolute atomic E-state index is 0.154. The molecule has 0 bridgehead atoms. The summed E-state index contributed by atoms with van der Waals surface area (Å²) >= 11 is 0. The Morgan fingerprint density at radius 3 is 1.94 bits per heavy atom. The van der Waals surface area contributed by atoms with Crippen molar-refractivity contribution >= 4 is 40.7 Å². The molecule has 2 N–H and O–H groups in total. The largest absolute Gasteiger partial charge is 0.478 e. The fourth-order valence-electron chi connectivity index (χ4n) is 3.78. The predicted molar refractivity (Wildman–Crippen MR) is 137 cm³/mol. The van der Waals surface area contributed by atoms with E-state index in [1.165, 1.54) is 12.1 Å². The second-order valence-corrected chi connectivity index (χ2v) is 7.80. The van der Waals surface area contributed by atoms with Gasteiger partial charge in [0.25, 0.3) is 0 Å². The average Bonchev–Trinajstić information content (AvgIpc) is 3.29. The van der Waals surface area contributed by atoms with E-state index in [4.69, 9.17) is 0 Å². The Hall–Kier alpha value is -4.59. The van der Waals surface area contributed by atoms with Crippen molar-refractivity contribution in [3.63, 3.8) is 0 Å². The highest BCUT2D eigenvalue weighted by atomic mass is 16.4. The summed E-state index contributed by atoms with van der Waals surface area (Å²) in [5.41, 5.74) is 2.80. The first-order valence-corrected chi connectivity index (χ1v) is 11.2. The lowest BCUT2D eigenvalue weighted by atomic mass is 10.0. The number of anilines is 1. The van der Waals surface area contributed by atoms with Gasteiger partial charge in [-0.2, -0.15) is 0 Å². The summed E-state index contributed by atoms with van der Waals surface area (Å²) in [4.78, 5) is 39.4. The average molecular weight is 469 g/mol. The van der Waals surface area contributed by atoms with Crippen LogP contribution >= 0.6 is 0 Å². The molecule has 0 amide bonds. The number of benzene rings is 3. The Kier molecular flexibility index (Phi) is 6.82. The number of carboxylic acids is 2. The number of carboxylic acid groups (broad SMARTS) is 2. The van der Waals surface area contributed by atoms with Gasteiger partial charge < -0.3 is 15.1 Å². The minimum atomic E-state index is -1.23. The van der Waals surface area contributed by atoms with Gasteiger partial charge in [-0.05, 0) is 56.3 Å². The fraction of sp³-hybridized carbons (Fsp3) is 0.148. The molecule has 0 unspecified atom stereocenters. The summed E-state index contributed by atoms with van der Waals surface area (Å²) in [5, 5.41) is 19.0. The third kappa shape index (κ3) is 5.16. The van der Waals surface area contributed by atoms with Crippen LogP contribution in [0.2, 0.25) is 0 Å². The number of carbonyl (C=O) groups is 2. The van der Waals surface area contributed by atoms with Crippen molar-refractivity contribution < 1.29 is 19.8 Å². The van der Waals surface area contributed by atoms with Gasteiger partial charge in [0.2, 0.25) is 0 Å². The smallest absolute Gasteiger partial charge is 0.335 e. The normalized spacial score (nSPS) is 13.9. The maximum absolute atomic E-state index is 11.6. The lowest BCUT2D eigenvalue weighted by molar-refractivity contribution is 0.0696. The molecule has 8 nitrogen and oxygen atoms in total. The molecule has 0 atom stereocenters. The van der Waals surface area contributed by atoms with Crippen molar-refractivity contribution in [1.82, 2.24) is 0 Å². The van der Waals surface area contributed by atoms with Crippen LogP contribution in [0.5, 0.6) is 0 Å². The van der Waals surface area contributed by atoms with Crippen LogP contribution in [0.4, 0.5) is 11.4 Å². The summed E-state index contributed by atoms with van der Waals surface area (Å²) in [6.07, 6.45) is 0. The van der Waals surface area contributed by atoms with E-state index in [9.17, 15) is 19.8 Å². The second-order valence-electron chi connectivity index (χ2n) is 7.80. The van der Waals surface area contributed by atoms with Gasteiger partial charge in [-0.25, -0.2) is 24.6 Å². The van der Waals surface area contributed by atoms with Crippen LogP contribution in [0.15, 0.2) is 87.8 Å². The standard InChI is InChI=1S/C27H24N4O4/c1-3-31(4-2)22-12-10-21(11-13-22)28-25-23(29-24(30-25)17-8-6-5-7-9-17)18-14-19(26(32)33)16-20(15-18)27(34)35/h5-16H,3-4H2,1-2H3,(H,32,33)(H,34,35). The molecule has 1 aliphatic rings. The number of aromatic carboxylic acids is 2. The molecule has 0 saturated heterocycles. The van der Waals surface area contributed by atoms with Gasteiger partial charge in [0.15, 0.2) is 11.7 Å². The quantitative estimate of drug-likeness (QED) is 0.487. The highest BCUT2D eigenvalue weighted by Gasteiger charge is 2.24. The van der Waals surface area contributed by atoms with Gasteiger partial charge in [-0.1, -0.05) is 30.3 Å². The van der Waals surface area contributed by atoms with Crippen molar-refractivity contribution in [2.24, 2.45) is 15.0 Å². The third-order valence-corrected chi connectivity index (χ3v) is 5.59. The van der Waals surface area contributed by atoms with Crippen LogP contribution in [0.1, 0.15) is 45.7 Å². The Balaban J connectivity index is 1.82. The van der Waals surface area contributed by atoms with Crippen LogP contribution in [0.3, 0.4) is 0 Å². The molecule has 0 radical (unpaired) electrons. The van der Waals surface area contributed by atoms with Gasteiger partial charge in [-0.15, -0.1) is 0 Å². The van der Waals surface area contributed by atoms with Crippen LogP contribution < -0.4 is 4.90 Å². The molecule has 1 aliphatic heterocycles. The monoisotopic (exact) mass is 468 g/mol. The Morgan fingerprint density at radius 2 is 1.40 bits per heavy atom. The van der Waals surface area contributed by atoms with Gasteiger partial charge in [0.1, 0.15) is 5.71 Å². The Bertz CT molecular complexity index is 1320. The van der Waals surface area contributed by atoms with Crippen molar-refractivity contribution in [1.29, 1.82) is 0 Å². The molecule has 0 fully saturated rings. The third-order valence-electron chi connectivity index (χ3n) is 5.59. The molecule has 8 heteroatoms. The molecule has 0 spiro atoms. The lowest BCUT2D eigenvalue weighted by Gasteiger charge is -2.20. The molecule has 0 saturated carbocycles. The van der Waals surface area contributed by atoms with Crippen molar-refractivity contribution in [2.45, 2.75) is 13.8 Å². The zero-order chi connectivity index (χ0) is 24.9. The molecule has 0 aromatic heterocycles. The number of amidine groups is 2. The van der Waals surface area contributed by atoms with E-state index in [2.05, 4.69) is 33.7 Å². The summed E-state index contributed by atoms with van der Waals surface area (Å²) in [6.45, 7) is 5.96. The number of rotatable bonds is 8. The van der Waals surface area contributed by atoms with Crippen molar-refractivity contribution in [2.75, 3.05) is 18.0 Å². The van der Waals surface area contributed by atoms with Crippen LogP contribution in [0, 0.1) is 0 Å². The first kappa shape index (κ1) is 23.6. The molecule has 3 aromatic carbocycles. The maximum atomic E-state index is 11.6. The topological polar surface area (TPSA) is 115 Å². The summed E-state index contributed by atoms with van der Waals surface area (Å²) < 4.78 is 0. The van der Waals surface area contributed by atoms with Gasteiger partial charge in [0.05, 0.1) is 16.8 Å². The predicted octanol–water partition coefficient (Wildman–Crippen LogP) is 4.91. The Morgan fingerprint density at radius 1 is 0.800 bits per heavy atom. The highest BCUT2D eigenvalue weighted by Crippen LogP contribution is 2.23. The molecule has 1 heterocycles. The Labute approximate surface area is 202 Å². The van der Waals surface area contributed by atoms with Gasteiger partial charge >= 0.3 is 11.9 Å². The molecular formula is C27H24N4O4. The van der Waals surface area contributed by atoms with E-state index in [-0.39, 0.29) is 17.0 Å². The highest BCUT2D eigenvalue weighted by molar-refractivity contribution is 6.54. The first-order chi connectivity index (χ1) is 16.9. The number of hydrogen-bond acceptors (Lipinski definition) is 5. The SMILES string of the molecule is CCN(CC)c1ccc(N=C2N=C(c3ccccc3)N=C2c2cc(C(=O)O)cc(C(=O)O)c2)cc1. The molecule has 176 valence electrons. The lowest BCUT2D eigenvalue weighted by Crippen LogP contribution is -2.21. The maximum Gasteiger partial charge on any atom is 0.335 e. The van der Waals surface area contributed by atoms with Gasteiger partial charge in [-0.3, -0.25) is 0 Å². The zero-order valence-corrected chi connectivity index (χ0v) is 19.3. The second kappa shape index (κ2) is 10.1. The fourth-order valence-corrected chi connectivity index (χ4v) is 3.78. The molecule has 3 aromatic rings. The van der Waals surface area contributed by atoms with E-state index in [1.54, 1.807) is 0 Å². The summed E-state index contributed by atoms with van der Waals surface area (Å²) in [7, 11) is 0. The van der Waals surface area contributed by atoms with Crippen molar-refractivity contribution in [3.05, 3.63) is 95.1 Å². The van der Waals surface area contributed by atoms with E-state index in [0.29, 0.717) is 22.8 Å². The molecule has 35 heavy (non-hydrogen) atoms. The summed E-state index contributed by atoms with van der Waals surface area (Å²) in [6, 6.07) is 20.9. The van der Waals surface area contributed by atoms with Gasteiger partial charge in [0, 0.05) is 29.9 Å². The first-order valence-electron chi connectivity index (χ1n) is 11.2. The molecule has 0 aliphatic carbocycles. The van der Waals surface area contributed by atoms with Crippen LogP contribution in [-0.4, -0.2) is 52.6 Å². The van der Waals surface area contributed by atoms with Crippen molar-refractivity contribution in [3.8, 4) is 0 Å². The molecular weight excluding hydrogens is 444 g/mol. The number of aliphatic imine (C=N–C) groups is 3.